The Labute approximate surface area is 120 Å². The average molecular weight is 296 g/mol. The van der Waals surface area contributed by atoms with Crippen molar-refractivity contribution < 1.29 is 14.1 Å². The van der Waals surface area contributed by atoms with Crippen LogP contribution in [-0.2, 0) is 24.2 Å². The zero-order valence-corrected chi connectivity index (χ0v) is 12.4. The van der Waals surface area contributed by atoms with Gasteiger partial charge in [0.2, 0.25) is 0 Å². The van der Waals surface area contributed by atoms with Gasteiger partial charge in [-0.2, -0.15) is 4.98 Å². The van der Waals surface area contributed by atoms with E-state index in [4.69, 9.17) is 9.26 Å². The standard InChI is InChI=1S/C12H16N4O3S/c1-4-8-11(20-16-14-8)12(17)18-6-10-13-9(15-19-10)5-7(2)3/h7H,4-6H2,1-3H3. The number of esters is 1. The average Bonchev–Trinajstić information content (AvgIpc) is 3.03. The van der Waals surface area contributed by atoms with Gasteiger partial charge in [-0.25, -0.2) is 4.79 Å². The molecule has 20 heavy (non-hydrogen) atoms. The number of aromatic nitrogens is 4. The summed E-state index contributed by atoms with van der Waals surface area (Å²) in [5.74, 6) is 0.906. The SMILES string of the molecule is CCc1nnsc1C(=O)OCc1nc(CC(C)C)no1. The van der Waals surface area contributed by atoms with Crippen molar-refractivity contribution in [1.29, 1.82) is 0 Å². The molecule has 2 rings (SSSR count). The Morgan fingerprint density at radius 3 is 2.95 bits per heavy atom. The first kappa shape index (κ1) is 14.6. The molecule has 2 aromatic heterocycles. The number of aryl methyl sites for hydroxylation is 1. The summed E-state index contributed by atoms with van der Waals surface area (Å²) in [6.07, 6.45) is 1.37. The first-order valence-electron chi connectivity index (χ1n) is 6.40. The van der Waals surface area contributed by atoms with E-state index in [1.165, 1.54) is 0 Å². The van der Waals surface area contributed by atoms with Crippen LogP contribution in [-0.4, -0.2) is 25.7 Å². The van der Waals surface area contributed by atoms with Crippen molar-refractivity contribution in [2.45, 2.75) is 40.2 Å². The van der Waals surface area contributed by atoms with Gasteiger partial charge in [-0.1, -0.05) is 30.4 Å². The summed E-state index contributed by atoms with van der Waals surface area (Å²) in [6, 6.07) is 0. The lowest BCUT2D eigenvalue weighted by Crippen LogP contribution is -2.06. The van der Waals surface area contributed by atoms with Crippen molar-refractivity contribution in [3.05, 3.63) is 22.3 Å². The second-order valence-electron chi connectivity index (χ2n) is 4.68. The van der Waals surface area contributed by atoms with Crippen LogP contribution in [0.4, 0.5) is 0 Å². The predicted molar refractivity (Wildman–Crippen MR) is 71.2 cm³/mol. The minimum Gasteiger partial charge on any atom is -0.451 e. The fourth-order valence-corrected chi connectivity index (χ4v) is 2.23. The van der Waals surface area contributed by atoms with Gasteiger partial charge in [0.05, 0.1) is 5.69 Å². The van der Waals surface area contributed by atoms with Crippen molar-refractivity contribution in [2.75, 3.05) is 0 Å². The number of rotatable bonds is 6. The van der Waals surface area contributed by atoms with E-state index in [9.17, 15) is 4.79 Å². The Morgan fingerprint density at radius 2 is 2.25 bits per heavy atom. The first-order valence-corrected chi connectivity index (χ1v) is 7.17. The predicted octanol–water partition coefficient (Wildman–Crippen LogP) is 2.04. The third kappa shape index (κ3) is 3.60. The van der Waals surface area contributed by atoms with Crippen molar-refractivity contribution >= 4 is 17.5 Å². The summed E-state index contributed by atoms with van der Waals surface area (Å²) < 4.78 is 13.9. The molecule has 8 heteroatoms. The topological polar surface area (TPSA) is 91.0 Å². The number of ether oxygens (including phenoxy) is 1. The van der Waals surface area contributed by atoms with Crippen molar-refractivity contribution in [1.82, 2.24) is 19.7 Å². The van der Waals surface area contributed by atoms with Gasteiger partial charge in [-0.15, -0.1) is 5.10 Å². The quantitative estimate of drug-likeness (QED) is 0.753. The molecular weight excluding hydrogens is 280 g/mol. The third-order valence-corrected chi connectivity index (χ3v) is 3.25. The maximum atomic E-state index is 11.9. The highest BCUT2D eigenvalue weighted by Crippen LogP contribution is 2.14. The highest BCUT2D eigenvalue weighted by atomic mass is 32.1. The molecule has 2 heterocycles. The Balaban J connectivity index is 1.92. The van der Waals surface area contributed by atoms with Crippen LogP contribution in [0, 0.1) is 5.92 Å². The largest absolute Gasteiger partial charge is 0.451 e. The smallest absolute Gasteiger partial charge is 0.352 e. The van der Waals surface area contributed by atoms with Crippen LogP contribution >= 0.6 is 11.5 Å². The van der Waals surface area contributed by atoms with E-state index in [0.717, 1.165) is 18.0 Å². The van der Waals surface area contributed by atoms with Gasteiger partial charge in [-0.3, -0.25) is 0 Å². The zero-order valence-electron chi connectivity index (χ0n) is 11.6. The summed E-state index contributed by atoms with van der Waals surface area (Å²) in [7, 11) is 0. The highest BCUT2D eigenvalue weighted by molar-refractivity contribution is 7.07. The molecule has 0 N–H and O–H groups in total. The second-order valence-corrected chi connectivity index (χ2v) is 5.43. The van der Waals surface area contributed by atoms with Crippen LogP contribution in [0.3, 0.4) is 0 Å². The van der Waals surface area contributed by atoms with Crippen molar-refractivity contribution in [3.8, 4) is 0 Å². The minimum absolute atomic E-state index is 0.0367. The van der Waals surface area contributed by atoms with Gasteiger partial charge in [0.1, 0.15) is 0 Å². The van der Waals surface area contributed by atoms with Crippen LogP contribution in [0.25, 0.3) is 0 Å². The number of carbonyl (C=O) groups excluding carboxylic acids is 1. The molecule has 0 saturated heterocycles. The van der Waals surface area contributed by atoms with Gasteiger partial charge < -0.3 is 9.26 Å². The molecule has 108 valence electrons. The van der Waals surface area contributed by atoms with Crippen molar-refractivity contribution in [3.63, 3.8) is 0 Å². The molecule has 0 aliphatic rings. The van der Waals surface area contributed by atoms with Crippen LogP contribution in [0.1, 0.15) is 47.9 Å². The molecule has 0 bridgehead atoms. The van der Waals surface area contributed by atoms with Crippen LogP contribution < -0.4 is 0 Å². The number of hydrogen-bond donors (Lipinski definition) is 0. The summed E-state index contributed by atoms with van der Waals surface area (Å²) in [4.78, 5) is 16.5. The summed E-state index contributed by atoms with van der Waals surface area (Å²) in [6.45, 7) is 6.01. The Kier molecular flexibility index (Phi) is 4.78. The van der Waals surface area contributed by atoms with Gasteiger partial charge in [0.25, 0.3) is 5.89 Å². The first-order chi connectivity index (χ1) is 9.60. The lowest BCUT2D eigenvalue weighted by Gasteiger charge is -1.99. The molecule has 0 radical (unpaired) electrons. The molecule has 0 aliphatic carbocycles. The van der Waals surface area contributed by atoms with Crippen LogP contribution in [0.5, 0.6) is 0 Å². The monoisotopic (exact) mass is 296 g/mol. The van der Waals surface area contributed by atoms with E-state index >= 15 is 0 Å². The molecule has 0 spiro atoms. The van der Waals surface area contributed by atoms with E-state index in [0.29, 0.717) is 34.6 Å². The fraction of sp³-hybridized carbons (Fsp3) is 0.583. The summed E-state index contributed by atoms with van der Waals surface area (Å²) in [5.41, 5.74) is 0.644. The van der Waals surface area contributed by atoms with Gasteiger partial charge in [0, 0.05) is 6.42 Å². The highest BCUT2D eigenvalue weighted by Gasteiger charge is 2.18. The second kappa shape index (κ2) is 6.56. The van der Waals surface area contributed by atoms with E-state index in [1.54, 1.807) is 0 Å². The number of hydrogen-bond acceptors (Lipinski definition) is 8. The lowest BCUT2D eigenvalue weighted by atomic mass is 10.1. The maximum absolute atomic E-state index is 11.9. The van der Waals surface area contributed by atoms with E-state index in [1.807, 2.05) is 6.92 Å². The normalized spacial score (nSPS) is 11.0. The van der Waals surface area contributed by atoms with E-state index in [-0.39, 0.29) is 6.61 Å². The van der Waals surface area contributed by atoms with E-state index in [2.05, 4.69) is 33.6 Å². The minimum atomic E-state index is -0.458. The summed E-state index contributed by atoms with van der Waals surface area (Å²) in [5, 5.41) is 7.70. The fourth-order valence-electron chi connectivity index (χ4n) is 1.58. The van der Waals surface area contributed by atoms with Crippen LogP contribution in [0.2, 0.25) is 0 Å². The summed E-state index contributed by atoms with van der Waals surface area (Å²) >= 11 is 1.03. The van der Waals surface area contributed by atoms with Gasteiger partial charge >= 0.3 is 5.97 Å². The van der Waals surface area contributed by atoms with Crippen molar-refractivity contribution in [2.24, 2.45) is 5.92 Å². The zero-order chi connectivity index (χ0) is 14.5. The molecule has 0 atom stereocenters. The molecule has 0 saturated carbocycles. The molecule has 7 nitrogen and oxygen atoms in total. The molecule has 0 aliphatic heterocycles. The molecule has 0 aromatic carbocycles. The molecule has 0 fully saturated rings. The molecule has 0 unspecified atom stereocenters. The number of carbonyl (C=O) groups is 1. The molecular formula is C12H16N4O3S. The van der Waals surface area contributed by atoms with Gasteiger partial charge in [-0.05, 0) is 23.9 Å². The molecule has 0 amide bonds. The third-order valence-electron chi connectivity index (χ3n) is 2.50. The Bertz CT molecular complexity index is 579. The lowest BCUT2D eigenvalue weighted by molar-refractivity contribution is 0.0434. The molecule has 2 aromatic rings. The Hall–Kier alpha value is -1.83. The number of nitrogens with zero attached hydrogens (tertiary/aromatic N) is 4. The van der Waals surface area contributed by atoms with E-state index < -0.39 is 5.97 Å². The van der Waals surface area contributed by atoms with Gasteiger partial charge in [0.15, 0.2) is 17.3 Å². The Morgan fingerprint density at radius 1 is 1.45 bits per heavy atom. The maximum Gasteiger partial charge on any atom is 0.352 e. The van der Waals surface area contributed by atoms with Crippen LogP contribution in [0.15, 0.2) is 4.52 Å².